The standard InChI is InChI=1S/C16H15FN4/c1-16(2,17)11-5-3-4-10(8-11)12-6-7-13-14(21-12)15(18)20-9-19-13/h3-9H,1-2H3,(H2,18,19,20). The van der Waals surface area contributed by atoms with Crippen LogP contribution in [0.15, 0.2) is 42.7 Å². The van der Waals surface area contributed by atoms with Gasteiger partial charge >= 0.3 is 0 Å². The molecule has 2 aromatic heterocycles. The van der Waals surface area contributed by atoms with Crippen LogP contribution in [0, 0.1) is 0 Å². The van der Waals surface area contributed by atoms with E-state index in [2.05, 4.69) is 15.0 Å². The lowest BCUT2D eigenvalue weighted by atomic mass is 9.97. The minimum atomic E-state index is -1.39. The van der Waals surface area contributed by atoms with Gasteiger partial charge in [-0.1, -0.05) is 18.2 Å². The molecule has 0 spiro atoms. The highest BCUT2D eigenvalue weighted by Gasteiger charge is 2.19. The van der Waals surface area contributed by atoms with Crippen molar-refractivity contribution in [3.63, 3.8) is 0 Å². The Morgan fingerprint density at radius 2 is 1.90 bits per heavy atom. The van der Waals surface area contributed by atoms with Crippen molar-refractivity contribution in [2.75, 3.05) is 5.73 Å². The van der Waals surface area contributed by atoms with E-state index in [1.165, 1.54) is 20.2 Å². The lowest BCUT2D eigenvalue weighted by Crippen LogP contribution is -2.08. The Balaban J connectivity index is 2.15. The summed E-state index contributed by atoms with van der Waals surface area (Å²) >= 11 is 0. The number of nitrogens with two attached hydrogens (primary N) is 1. The number of nitrogens with zero attached hydrogens (tertiary/aromatic N) is 3. The lowest BCUT2D eigenvalue weighted by molar-refractivity contribution is 0.221. The van der Waals surface area contributed by atoms with Crippen LogP contribution in [-0.2, 0) is 5.67 Å². The number of rotatable bonds is 2. The number of halogens is 1. The average molecular weight is 282 g/mol. The summed E-state index contributed by atoms with van der Waals surface area (Å²) in [5, 5.41) is 0. The summed E-state index contributed by atoms with van der Waals surface area (Å²) in [7, 11) is 0. The van der Waals surface area contributed by atoms with Gasteiger partial charge in [-0.2, -0.15) is 0 Å². The van der Waals surface area contributed by atoms with Gasteiger partial charge in [0.1, 0.15) is 17.5 Å². The van der Waals surface area contributed by atoms with Crippen LogP contribution in [0.4, 0.5) is 10.2 Å². The Kier molecular flexibility index (Phi) is 3.05. The molecule has 106 valence electrons. The Bertz CT molecular complexity index is 809. The van der Waals surface area contributed by atoms with Gasteiger partial charge in [-0.05, 0) is 37.6 Å². The molecule has 0 unspecified atom stereocenters. The number of benzene rings is 1. The molecule has 3 aromatic rings. The molecule has 0 bridgehead atoms. The first-order chi connectivity index (χ1) is 9.95. The van der Waals surface area contributed by atoms with Gasteiger partial charge in [0.2, 0.25) is 0 Å². The molecule has 0 atom stereocenters. The van der Waals surface area contributed by atoms with Crippen LogP contribution in [0.3, 0.4) is 0 Å². The molecule has 0 aliphatic heterocycles. The number of anilines is 1. The van der Waals surface area contributed by atoms with Crippen molar-refractivity contribution in [2.45, 2.75) is 19.5 Å². The summed E-state index contributed by atoms with van der Waals surface area (Å²) in [6.07, 6.45) is 1.41. The van der Waals surface area contributed by atoms with Gasteiger partial charge in [0.25, 0.3) is 0 Å². The van der Waals surface area contributed by atoms with Crippen molar-refractivity contribution in [3.8, 4) is 11.3 Å². The summed E-state index contributed by atoms with van der Waals surface area (Å²) in [4.78, 5) is 12.6. The molecule has 21 heavy (non-hydrogen) atoms. The van der Waals surface area contributed by atoms with Gasteiger partial charge in [0, 0.05) is 5.56 Å². The maximum Gasteiger partial charge on any atom is 0.153 e. The summed E-state index contributed by atoms with van der Waals surface area (Å²) in [6.45, 7) is 3.07. The molecule has 4 nitrogen and oxygen atoms in total. The second-order valence-corrected chi connectivity index (χ2v) is 5.38. The number of nitrogen functional groups attached to an aromatic ring is 1. The maximum absolute atomic E-state index is 14.1. The molecular formula is C16H15FN4. The zero-order valence-corrected chi connectivity index (χ0v) is 11.8. The van der Waals surface area contributed by atoms with Gasteiger partial charge < -0.3 is 5.73 Å². The molecule has 1 aromatic carbocycles. The monoisotopic (exact) mass is 282 g/mol. The molecule has 0 amide bonds. The van der Waals surface area contributed by atoms with E-state index >= 15 is 0 Å². The van der Waals surface area contributed by atoms with Crippen molar-refractivity contribution in [1.29, 1.82) is 0 Å². The number of fused-ring (bicyclic) bond motifs is 1. The Labute approximate surface area is 121 Å². The van der Waals surface area contributed by atoms with Crippen molar-refractivity contribution < 1.29 is 4.39 Å². The zero-order valence-electron chi connectivity index (χ0n) is 11.8. The van der Waals surface area contributed by atoms with Crippen LogP contribution in [0.25, 0.3) is 22.3 Å². The molecule has 0 fully saturated rings. The number of hydrogen-bond donors (Lipinski definition) is 1. The van der Waals surface area contributed by atoms with Gasteiger partial charge in [0.15, 0.2) is 5.82 Å². The molecule has 5 heteroatoms. The third-order valence-corrected chi connectivity index (χ3v) is 3.36. The largest absolute Gasteiger partial charge is 0.382 e. The molecule has 0 aliphatic rings. The summed E-state index contributed by atoms with van der Waals surface area (Å²) < 4.78 is 14.1. The van der Waals surface area contributed by atoms with Crippen molar-refractivity contribution in [1.82, 2.24) is 15.0 Å². The van der Waals surface area contributed by atoms with E-state index in [4.69, 9.17) is 5.73 Å². The molecule has 0 saturated heterocycles. The van der Waals surface area contributed by atoms with Crippen molar-refractivity contribution >= 4 is 16.9 Å². The SMILES string of the molecule is CC(C)(F)c1cccc(-c2ccc3ncnc(N)c3n2)c1. The molecule has 3 rings (SSSR count). The quantitative estimate of drug-likeness (QED) is 0.781. The fourth-order valence-electron chi connectivity index (χ4n) is 2.17. The van der Waals surface area contributed by atoms with Crippen LogP contribution in [0.1, 0.15) is 19.4 Å². The van der Waals surface area contributed by atoms with Crippen LogP contribution in [0.5, 0.6) is 0 Å². The maximum atomic E-state index is 14.1. The third-order valence-electron chi connectivity index (χ3n) is 3.36. The normalized spacial score (nSPS) is 11.8. The fraction of sp³-hybridized carbons (Fsp3) is 0.188. The van der Waals surface area contributed by atoms with Gasteiger partial charge in [-0.25, -0.2) is 19.3 Å². The smallest absolute Gasteiger partial charge is 0.153 e. The highest BCUT2D eigenvalue weighted by molar-refractivity contribution is 5.85. The second-order valence-electron chi connectivity index (χ2n) is 5.38. The summed E-state index contributed by atoms with van der Waals surface area (Å²) in [5.74, 6) is 0.337. The topological polar surface area (TPSA) is 64.7 Å². The van der Waals surface area contributed by atoms with E-state index in [0.29, 0.717) is 22.4 Å². The van der Waals surface area contributed by atoms with E-state index in [-0.39, 0.29) is 0 Å². The zero-order chi connectivity index (χ0) is 15.0. The fourth-order valence-corrected chi connectivity index (χ4v) is 2.17. The molecule has 0 radical (unpaired) electrons. The second kappa shape index (κ2) is 4.77. The Hall–Kier alpha value is -2.56. The number of hydrogen-bond acceptors (Lipinski definition) is 4. The lowest BCUT2D eigenvalue weighted by Gasteiger charge is -2.15. The number of pyridine rings is 1. The highest BCUT2D eigenvalue weighted by atomic mass is 19.1. The molecule has 0 saturated carbocycles. The first-order valence-corrected chi connectivity index (χ1v) is 6.62. The van der Waals surface area contributed by atoms with Gasteiger partial charge in [0.05, 0.1) is 11.2 Å². The summed E-state index contributed by atoms with van der Waals surface area (Å²) in [6, 6.07) is 11.0. The van der Waals surface area contributed by atoms with Crippen molar-refractivity contribution in [3.05, 3.63) is 48.3 Å². The van der Waals surface area contributed by atoms with E-state index < -0.39 is 5.67 Å². The predicted molar refractivity (Wildman–Crippen MR) is 81.3 cm³/mol. The molecule has 2 N–H and O–H groups in total. The van der Waals surface area contributed by atoms with E-state index in [0.717, 1.165) is 11.3 Å². The molecule has 2 heterocycles. The predicted octanol–water partition coefficient (Wildman–Crippen LogP) is 3.48. The minimum Gasteiger partial charge on any atom is -0.382 e. The van der Waals surface area contributed by atoms with Crippen LogP contribution in [-0.4, -0.2) is 15.0 Å². The number of aromatic nitrogens is 3. The van der Waals surface area contributed by atoms with Crippen molar-refractivity contribution in [2.24, 2.45) is 0 Å². The highest BCUT2D eigenvalue weighted by Crippen LogP contribution is 2.29. The van der Waals surface area contributed by atoms with E-state index in [9.17, 15) is 4.39 Å². The molecule has 0 aliphatic carbocycles. The Morgan fingerprint density at radius 1 is 1.10 bits per heavy atom. The Morgan fingerprint density at radius 3 is 2.67 bits per heavy atom. The molecular weight excluding hydrogens is 267 g/mol. The minimum absolute atomic E-state index is 0.337. The van der Waals surface area contributed by atoms with E-state index in [1.54, 1.807) is 12.1 Å². The number of alkyl halides is 1. The van der Waals surface area contributed by atoms with Gasteiger partial charge in [-0.3, -0.25) is 0 Å². The van der Waals surface area contributed by atoms with E-state index in [1.807, 2.05) is 24.3 Å². The van der Waals surface area contributed by atoms with Crippen LogP contribution < -0.4 is 5.73 Å². The third kappa shape index (κ3) is 2.54. The van der Waals surface area contributed by atoms with Crippen LogP contribution >= 0.6 is 0 Å². The summed E-state index contributed by atoms with van der Waals surface area (Å²) in [5.41, 5.74) is 7.84. The van der Waals surface area contributed by atoms with Crippen LogP contribution in [0.2, 0.25) is 0 Å². The first kappa shape index (κ1) is 13.4. The first-order valence-electron chi connectivity index (χ1n) is 6.62. The van der Waals surface area contributed by atoms with Gasteiger partial charge in [-0.15, -0.1) is 0 Å². The average Bonchev–Trinajstić information content (AvgIpc) is 2.47.